The highest BCUT2D eigenvalue weighted by Gasteiger charge is 2.54. The number of hydrazone groups is 1. The van der Waals surface area contributed by atoms with Crippen LogP contribution in [0.3, 0.4) is 0 Å². The van der Waals surface area contributed by atoms with Crippen LogP contribution in [0.15, 0.2) is 33.9 Å². The Morgan fingerprint density at radius 1 is 1.41 bits per heavy atom. The van der Waals surface area contributed by atoms with Crippen molar-refractivity contribution in [3.63, 3.8) is 0 Å². The van der Waals surface area contributed by atoms with E-state index in [2.05, 4.69) is 10.4 Å². The Morgan fingerprint density at radius 3 is 2.81 bits per heavy atom. The van der Waals surface area contributed by atoms with Crippen molar-refractivity contribution >= 4 is 74.8 Å². The Morgan fingerprint density at radius 2 is 2.19 bits per heavy atom. The highest BCUT2D eigenvalue weighted by molar-refractivity contribution is 8.39. The molecule has 1 fully saturated rings. The smallest absolute Gasteiger partial charge is 0.352 e. The number of urea groups is 1. The second-order valence-corrected chi connectivity index (χ2v) is 11.7. The van der Waals surface area contributed by atoms with E-state index in [9.17, 15) is 24.3 Å². The summed E-state index contributed by atoms with van der Waals surface area (Å²) in [5.74, 6) is -1.16. The van der Waals surface area contributed by atoms with Crippen LogP contribution in [0.5, 0.6) is 0 Å². The number of nitrogens with two attached hydrogens (primary N) is 1. The Hall–Kier alpha value is -2.16. The molecule has 1 aromatic rings. The fourth-order valence-corrected chi connectivity index (χ4v) is 7.82. The number of hydrogen-bond acceptors (Lipinski definition) is 9. The summed E-state index contributed by atoms with van der Waals surface area (Å²) in [6, 6.07) is 2.31. The van der Waals surface area contributed by atoms with E-state index in [1.807, 2.05) is 17.5 Å². The van der Waals surface area contributed by atoms with E-state index in [4.69, 9.17) is 5.73 Å². The molecule has 4 N–H and O–H groups in total. The Labute approximate surface area is 200 Å². The molecule has 2 unspecified atom stereocenters. The Kier molecular flexibility index (Phi) is 6.74. The average Bonchev–Trinajstić information content (AvgIpc) is 3.38. The molecule has 32 heavy (non-hydrogen) atoms. The molecule has 0 spiro atoms. The molecule has 0 bridgehead atoms. The number of nitrogens with one attached hydrogen (secondary N) is 1. The van der Waals surface area contributed by atoms with Crippen molar-refractivity contribution in [3.8, 4) is 0 Å². The van der Waals surface area contributed by atoms with Crippen LogP contribution in [-0.2, 0) is 20.8 Å². The van der Waals surface area contributed by atoms with Crippen LogP contribution in [-0.4, -0.2) is 71.5 Å². The van der Waals surface area contributed by atoms with E-state index >= 15 is 0 Å². The molecule has 4 heterocycles. The van der Waals surface area contributed by atoms with Crippen LogP contribution in [0, 0.1) is 0 Å². The number of thiophene rings is 1. The molecule has 0 aliphatic carbocycles. The van der Waals surface area contributed by atoms with E-state index in [1.165, 1.54) is 56.5 Å². The first kappa shape index (κ1) is 23.0. The highest BCUT2D eigenvalue weighted by atomic mass is 32.2. The third-order valence-corrected chi connectivity index (χ3v) is 9.39. The number of hydrogen-bond donors (Lipinski definition) is 3. The van der Waals surface area contributed by atoms with Gasteiger partial charge in [-0.05, 0) is 23.9 Å². The third kappa shape index (κ3) is 4.49. The number of nitrogens with zero attached hydrogens (tertiary/aromatic N) is 3. The summed E-state index contributed by atoms with van der Waals surface area (Å²) in [6.45, 7) is 1.79. The van der Waals surface area contributed by atoms with Gasteiger partial charge in [-0.25, -0.2) is 14.6 Å². The second kappa shape index (κ2) is 9.37. The molecule has 3 aliphatic heterocycles. The summed E-state index contributed by atoms with van der Waals surface area (Å²) in [4.78, 5) is 50.5. The Balaban J connectivity index is 1.42. The lowest BCUT2D eigenvalue weighted by atomic mass is 10.0. The summed E-state index contributed by atoms with van der Waals surface area (Å²) < 4.78 is 0.606. The molecule has 0 saturated carbocycles. The zero-order chi connectivity index (χ0) is 23.0. The lowest BCUT2D eigenvalue weighted by Crippen LogP contribution is -2.70. The molecule has 0 aromatic carbocycles. The van der Waals surface area contributed by atoms with Crippen LogP contribution < -0.4 is 11.1 Å². The zero-order valence-electron chi connectivity index (χ0n) is 16.7. The van der Waals surface area contributed by atoms with Gasteiger partial charge in [0.05, 0.1) is 6.42 Å². The van der Waals surface area contributed by atoms with Crippen molar-refractivity contribution in [3.05, 3.63) is 33.7 Å². The van der Waals surface area contributed by atoms with Gasteiger partial charge < -0.3 is 16.2 Å². The fourth-order valence-electron chi connectivity index (χ4n) is 3.42. The van der Waals surface area contributed by atoms with Gasteiger partial charge >= 0.3 is 12.0 Å². The molecular weight excluding hydrogens is 494 g/mol. The van der Waals surface area contributed by atoms with Gasteiger partial charge in [0.15, 0.2) is 4.38 Å². The number of aliphatic carboxylic acids is 1. The standard InChI is InChI=1S/C18H19N5O5S4/c1-8-23(17(19)28)21-18(32-8)31-7-9-6-30-15-12(14(25)22(15)13(9)16(26)27)20-11(24)5-10-3-2-4-29-10/h2-4,8,12,15H,5-7H2,1H3,(H2,19,28)(H,20,24)(H,26,27)/t8?,12?,15-/m0/s1. The first-order valence-corrected chi connectivity index (χ1v) is 13.2. The van der Waals surface area contributed by atoms with Gasteiger partial charge in [0.1, 0.15) is 22.5 Å². The second-order valence-electron chi connectivity index (χ2n) is 7.02. The van der Waals surface area contributed by atoms with Crippen molar-refractivity contribution in [1.29, 1.82) is 0 Å². The molecule has 0 radical (unpaired) electrons. The van der Waals surface area contributed by atoms with Crippen molar-refractivity contribution in [2.75, 3.05) is 11.5 Å². The number of β-lactam (4-membered cyclic amide) rings is 1. The maximum absolute atomic E-state index is 12.7. The molecule has 170 valence electrons. The van der Waals surface area contributed by atoms with E-state index in [0.29, 0.717) is 21.5 Å². The minimum Gasteiger partial charge on any atom is -0.477 e. The lowest BCUT2D eigenvalue weighted by molar-refractivity contribution is -0.150. The average molecular weight is 514 g/mol. The van der Waals surface area contributed by atoms with Gasteiger partial charge in [-0.3, -0.25) is 14.5 Å². The van der Waals surface area contributed by atoms with Crippen LogP contribution in [0.2, 0.25) is 0 Å². The molecule has 10 nitrogen and oxygen atoms in total. The largest absolute Gasteiger partial charge is 0.477 e. The number of carboxylic acid groups (broad SMARTS) is 1. The summed E-state index contributed by atoms with van der Waals surface area (Å²) in [5.41, 5.74) is 5.83. The SMILES string of the molecule is CC1SC(SCC2=C(C(=O)O)N3C(=O)C(NC(=O)Cc4cccs4)[C@@H]3SC2)=NN1C(N)=O. The summed E-state index contributed by atoms with van der Waals surface area (Å²) in [6.07, 6.45) is 0.183. The van der Waals surface area contributed by atoms with Crippen LogP contribution in [0.1, 0.15) is 11.8 Å². The van der Waals surface area contributed by atoms with Gasteiger partial charge in [0, 0.05) is 16.4 Å². The van der Waals surface area contributed by atoms with Gasteiger partial charge in [0.2, 0.25) is 5.91 Å². The monoisotopic (exact) mass is 513 g/mol. The first-order valence-electron chi connectivity index (χ1n) is 9.44. The number of primary amides is 1. The van der Waals surface area contributed by atoms with Crippen molar-refractivity contribution < 1.29 is 24.3 Å². The number of thioether (sulfide) groups is 3. The molecule has 1 saturated heterocycles. The van der Waals surface area contributed by atoms with E-state index in [-0.39, 0.29) is 23.4 Å². The topological polar surface area (TPSA) is 145 Å². The molecule has 14 heteroatoms. The quantitative estimate of drug-likeness (QED) is 0.485. The summed E-state index contributed by atoms with van der Waals surface area (Å²) in [5, 5.41) is 19.0. The number of rotatable bonds is 6. The molecular formula is C18H19N5O5S4. The maximum atomic E-state index is 12.7. The summed E-state index contributed by atoms with van der Waals surface area (Å²) >= 11 is 5.54. The van der Waals surface area contributed by atoms with E-state index in [1.54, 1.807) is 6.92 Å². The number of carbonyl (C=O) groups excluding carboxylic acids is 3. The predicted molar refractivity (Wildman–Crippen MR) is 126 cm³/mol. The van der Waals surface area contributed by atoms with Crippen LogP contribution in [0.25, 0.3) is 0 Å². The molecule has 3 aliphatic rings. The van der Waals surface area contributed by atoms with Crippen molar-refractivity contribution in [1.82, 2.24) is 15.2 Å². The fraction of sp³-hybridized carbons (Fsp3) is 0.389. The van der Waals surface area contributed by atoms with E-state index < -0.39 is 29.3 Å². The first-order chi connectivity index (χ1) is 15.3. The highest BCUT2D eigenvalue weighted by Crippen LogP contribution is 2.42. The minimum atomic E-state index is -1.18. The number of carboxylic acids is 1. The molecule has 1 aromatic heterocycles. The zero-order valence-corrected chi connectivity index (χ0v) is 20.0. The van der Waals surface area contributed by atoms with Crippen molar-refractivity contribution in [2.24, 2.45) is 10.8 Å². The van der Waals surface area contributed by atoms with Crippen LogP contribution in [0.4, 0.5) is 4.79 Å². The van der Waals surface area contributed by atoms with Gasteiger partial charge in [-0.2, -0.15) is 5.10 Å². The Bertz CT molecular complexity index is 1030. The van der Waals surface area contributed by atoms with Crippen LogP contribution >= 0.6 is 46.6 Å². The minimum absolute atomic E-state index is 0.0431. The predicted octanol–water partition coefficient (Wildman–Crippen LogP) is 1.51. The summed E-state index contributed by atoms with van der Waals surface area (Å²) in [7, 11) is 0. The van der Waals surface area contributed by atoms with E-state index in [0.717, 1.165) is 4.88 Å². The number of fused-ring (bicyclic) bond motifs is 1. The molecule has 3 atom stereocenters. The lowest BCUT2D eigenvalue weighted by Gasteiger charge is -2.49. The van der Waals surface area contributed by atoms with Crippen molar-refractivity contribution in [2.45, 2.75) is 30.1 Å². The number of carbonyl (C=O) groups is 4. The normalized spacial score (nSPS) is 24.7. The number of amides is 4. The molecule has 4 amide bonds. The van der Waals surface area contributed by atoms with Gasteiger partial charge in [0.25, 0.3) is 5.91 Å². The maximum Gasteiger partial charge on any atom is 0.352 e. The van der Waals surface area contributed by atoms with Gasteiger partial charge in [-0.1, -0.05) is 29.6 Å². The van der Waals surface area contributed by atoms with Gasteiger partial charge in [-0.15, -0.1) is 23.1 Å². The third-order valence-electron chi connectivity index (χ3n) is 4.88. The molecule has 4 rings (SSSR count).